The Balaban J connectivity index is 0.000000853. The van der Waals surface area contributed by atoms with E-state index < -0.39 is 0 Å². The van der Waals surface area contributed by atoms with E-state index in [1.54, 1.807) is 32.1 Å². The van der Waals surface area contributed by atoms with Gasteiger partial charge < -0.3 is 0 Å². The predicted molar refractivity (Wildman–Crippen MR) is 64.8 cm³/mol. The molecule has 88 valence electrons. The fourth-order valence-corrected chi connectivity index (χ4v) is 4.59. The first kappa shape index (κ1) is 11.7. The number of hydrazine groups is 1. The molecule has 3 heteroatoms. The molecule has 0 aliphatic heterocycles. The molecule has 4 aliphatic carbocycles. The Morgan fingerprint density at radius 2 is 1.47 bits per heavy atom. The van der Waals surface area contributed by atoms with Gasteiger partial charge in [-0.1, -0.05) is 0 Å². The highest BCUT2D eigenvalue weighted by Crippen LogP contribution is 2.56. The predicted octanol–water partition coefficient (Wildman–Crippen LogP) is 2.20. The van der Waals surface area contributed by atoms with Crippen LogP contribution in [0.25, 0.3) is 0 Å². The lowest BCUT2D eigenvalue weighted by molar-refractivity contribution is -0.0363. The van der Waals surface area contributed by atoms with Crippen LogP contribution in [0.4, 0.5) is 0 Å². The van der Waals surface area contributed by atoms with Gasteiger partial charge in [-0.15, -0.1) is 12.4 Å². The first-order valence-electron chi connectivity index (χ1n) is 6.26. The van der Waals surface area contributed by atoms with Crippen LogP contribution >= 0.6 is 12.4 Å². The molecule has 4 bridgehead atoms. The van der Waals surface area contributed by atoms with Gasteiger partial charge in [0.1, 0.15) is 0 Å². The minimum absolute atomic E-state index is 0. The molecule has 0 saturated heterocycles. The molecule has 0 atom stereocenters. The molecule has 15 heavy (non-hydrogen) atoms. The van der Waals surface area contributed by atoms with Crippen molar-refractivity contribution in [2.45, 2.75) is 32.1 Å². The lowest BCUT2D eigenvalue weighted by Crippen LogP contribution is -2.49. The van der Waals surface area contributed by atoms with E-state index in [-0.39, 0.29) is 12.4 Å². The summed E-state index contributed by atoms with van der Waals surface area (Å²) in [6, 6.07) is 0. The van der Waals surface area contributed by atoms with Gasteiger partial charge in [0.25, 0.3) is 0 Å². The molecule has 0 radical (unpaired) electrons. The average Bonchev–Trinajstić information content (AvgIpc) is 2.15. The molecule has 0 heterocycles. The molecule has 4 fully saturated rings. The molecule has 0 amide bonds. The maximum absolute atomic E-state index is 3.33. The Kier molecular flexibility index (Phi) is 3.59. The third-order valence-electron chi connectivity index (χ3n) is 4.94. The van der Waals surface area contributed by atoms with Crippen molar-refractivity contribution < 1.29 is 0 Å². The van der Waals surface area contributed by atoms with Gasteiger partial charge in [-0.05, 0) is 68.7 Å². The molecule has 0 aromatic carbocycles. The zero-order valence-corrected chi connectivity index (χ0v) is 10.4. The van der Waals surface area contributed by atoms with E-state index in [0.717, 1.165) is 29.6 Å². The second-order valence-electron chi connectivity index (χ2n) is 5.73. The molecule has 0 spiro atoms. The first-order chi connectivity index (χ1) is 6.86. The van der Waals surface area contributed by atoms with Gasteiger partial charge in [0.05, 0.1) is 0 Å². The maximum atomic E-state index is 3.33. The fraction of sp³-hybridized carbons (Fsp3) is 1.00. The molecular formula is C12H23ClN2. The van der Waals surface area contributed by atoms with Gasteiger partial charge in [-0.2, -0.15) is 0 Å². The smallest absolute Gasteiger partial charge is 0.0133 e. The van der Waals surface area contributed by atoms with Gasteiger partial charge >= 0.3 is 0 Å². The molecule has 4 aliphatic rings. The van der Waals surface area contributed by atoms with E-state index in [1.165, 1.54) is 6.54 Å². The Morgan fingerprint density at radius 1 is 0.933 bits per heavy atom. The minimum atomic E-state index is 0. The summed E-state index contributed by atoms with van der Waals surface area (Å²) >= 11 is 0. The summed E-state index contributed by atoms with van der Waals surface area (Å²) in [7, 11) is 1.98. The van der Waals surface area contributed by atoms with E-state index in [2.05, 4.69) is 10.9 Å². The van der Waals surface area contributed by atoms with Gasteiger partial charge in [-0.3, -0.25) is 10.9 Å². The monoisotopic (exact) mass is 230 g/mol. The fourth-order valence-electron chi connectivity index (χ4n) is 4.59. The van der Waals surface area contributed by atoms with Crippen LogP contribution in [0.1, 0.15) is 32.1 Å². The standard InChI is InChI=1S/C12H22N2.ClH/c1-13-14-7-12-10-3-8-2-9(5-10)6-11(12)4-8;/h8-14H,2-7H2,1H3;1H. The van der Waals surface area contributed by atoms with Crippen molar-refractivity contribution in [3.05, 3.63) is 0 Å². The van der Waals surface area contributed by atoms with Crippen molar-refractivity contribution in [1.82, 2.24) is 10.9 Å². The Bertz CT molecular complexity index is 192. The Morgan fingerprint density at radius 3 is 1.93 bits per heavy atom. The summed E-state index contributed by atoms with van der Waals surface area (Å²) in [4.78, 5) is 0. The molecular weight excluding hydrogens is 208 g/mol. The lowest BCUT2D eigenvalue weighted by atomic mass is 9.52. The summed E-state index contributed by atoms with van der Waals surface area (Å²) in [5.74, 6) is 5.33. The van der Waals surface area contributed by atoms with Crippen molar-refractivity contribution in [2.24, 2.45) is 29.6 Å². The highest BCUT2D eigenvalue weighted by Gasteiger charge is 2.47. The average molecular weight is 231 g/mol. The van der Waals surface area contributed by atoms with Gasteiger partial charge in [-0.25, -0.2) is 0 Å². The molecule has 4 saturated carbocycles. The first-order valence-corrected chi connectivity index (χ1v) is 6.26. The largest absolute Gasteiger partial charge is 0.261 e. The zero-order chi connectivity index (χ0) is 9.54. The van der Waals surface area contributed by atoms with Crippen LogP contribution < -0.4 is 10.9 Å². The molecule has 0 aromatic rings. The topological polar surface area (TPSA) is 24.1 Å². The van der Waals surface area contributed by atoms with E-state index in [1.807, 2.05) is 7.05 Å². The third-order valence-corrected chi connectivity index (χ3v) is 4.94. The second-order valence-corrected chi connectivity index (χ2v) is 5.73. The van der Waals surface area contributed by atoms with Crippen molar-refractivity contribution in [1.29, 1.82) is 0 Å². The highest BCUT2D eigenvalue weighted by molar-refractivity contribution is 5.85. The zero-order valence-electron chi connectivity index (χ0n) is 9.54. The Labute approximate surface area is 99.0 Å². The quantitative estimate of drug-likeness (QED) is 0.727. The van der Waals surface area contributed by atoms with Crippen LogP contribution in [-0.2, 0) is 0 Å². The highest BCUT2D eigenvalue weighted by atomic mass is 35.5. The molecule has 2 nitrogen and oxygen atoms in total. The summed E-state index contributed by atoms with van der Waals surface area (Å²) < 4.78 is 0. The molecule has 0 aromatic heterocycles. The summed E-state index contributed by atoms with van der Waals surface area (Å²) in [5, 5.41) is 0. The summed E-state index contributed by atoms with van der Waals surface area (Å²) in [5.41, 5.74) is 6.40. The van der Waals surface area contributed by atoms with Crippen molar-refractivity contribution in [2.75, 3.05) is 13.6 Å². The number of halogens is 1. The lowest BCUT2D eigenvalue weighted by Gasteiger charge is -2.54. The third kappa shape index (κ3) is 2.04. The molecule has 2 N–H and O–H groups in total. The minimum Gasteiger partial charge on any atom is -0.261 e. The van der Waals surface area contributed by atoms with E-state index in [9.17, 15) is 0 Å². The second kappa shape index (κ2) is 4.60. The van der Waals surface area contributed by atoms with Crippen LogP contribution in [0.2, 0.25) is 0 Å². The normalized spacial score (nSPS) is 46.6. The summed E-state index contributed by atoms with van der Waals surface area (Å²) in [6.07, 6.45) is 7.75. The molecule has 4 rings (SSSR count). The van der Waals surface area contributed by atoms with Gasteiger partial charge in [0.15, 0.2) is 0 Å². The van der Waals surface area contributed by atoms with Gasteiger partial charge in [0, 0.05) is 6.54 Å². The van der Waals surface area contributed by atoms with Crippen molar-refractivity contribution in [3.8, 4) is 0 Å². The number of hydrogen-bond donors (Lipinski definition) is 2. The van der Waals surface area contributed by atoms with Crippen LogP contribution in [0, 0.1) is 29.6 Å². The van der Waals surface area contributed by atoms with E-state index >= 15 is 0 Å². The van der Waals surface area contributed by atoms with Crippen LogP contribution in [0.3, 0.4) is 0 Å². The maximum Gasteiger partial charge on any atom is 0.0133 e. The van der Waals surface area contributed by atoms with E-state index in [0.29, 0.717) is 0 Å². The van der Waals surface area contributed by atoms with Crippen molar-refractivity contribution >= 4 is 12.4 Å². The summed E-state index contributed by atoms with van der Waals surface area (Å²) in [6.45, 7) is 1.20. The Hall–Kier alpha value is 0.210. The number of rotatable bonds is 3. The van der Waals surface area contributed by atoms with Crippen LogP contribution in [0.5, 0.6) is 0 Å². The number of hydrogen-bond acceptors (Lipinski definition) is 2. The van der Waals surface area contributed by atoms with Crippen molar-refractivity contribution in [3.63, 3.8) is 0 Å². The van der Waals surface area contributed by atoms with E-state index in [4.69, 9.17) is 0 Å². The SMILES string of the molecule is CNNCC1C2CC3CC(C2)CC1C3.Cl. The number of nitrogens with one attached hydrogen (secondary N) is 2. The van der Waals surface area contributed by atoms with Gasteiger partial charge in [0.2, 0.25) is 0 Å². The van der Waals surface area contributed by atoms with Crippen LogP contribution in [-0.4, -0.2) is 13.6 Å². The van der Waals surface area contributed by atoms with Crippen LogP contribution in [0.15, 0.2) is 0 Å². The molecule has 0 unspecified atom stereocenters.